The molecule has 1 aliphatic heterocycles. The molecule has 0 aliphatic carbocycles. The molecular formula is C23H26Cl2FN3O3. The average Bonchev–Trinajstić information content (AvgIpc) is 2.71. The molecule has 6 nitrogen and oxygen atoms in total. The lowest BCUT2D eigenvalue weighted by atomic mass is 9.75. The fourth-order valence-electron chi connectivity index (χ4n) is 3.74. The number of hydrogen-bond acceptors (Lipinski definition) is 4. The first-order chi connectivity index (χ1) is 15.0. The minimum atomic E-state index is -0.779. The second kappa shape index (κ2) is 9.63. The second-order valence-corrected chi connectivity index (χ2v) is 9.73. The molecule has 0 saturated carbocycles. The summed E-state index contributed by atoms with van der Waals surface area (Å²) >= 11 is 12.1. The molecule has 3 rings (SSSR count). The number of amides is 2. The molecule has 1 aromatic carbocycles. The maximum absolute atomic E-state index is 14.7. The highest BCUT2D eigenvalue weighted by molar-refractivity contribution is 6.36. The minimum Gasteiger partial charge on any atom is -0.444 e. The van der Waals surface area contributed by atoms with Gasteiger partial charge in [-0.25, -0.2) is 9.18 Å². The molecule has 172 valence electrons. The number of rotatable bonds is 4. The molecule has 2 heterocycles. The molecule has 0 unspecified atom stereocenters. The number of ether oxygens (including phenoxy) is 1. The lowest BCUT2D eigenvalue weighted by Crippen LogP contribution is -2.51. The van der Waals surface area contributed by atoms with E-state index in [0.717, 1.165) is 0 Å². The Bertz CT molecular complexity index is 1000. The van der Waals surface area contributed by atoms with Crippen LogP contribution >= 0.6 is 23.2 Å². The van der Waals surface area contributed by atoms with Crippen molar-refractivity contribution in [3.8, 4) is 0 Å². The molecule has 0 atom stereocenters. The van der Waals surface area contributed by atoms with Crippen LogP contribution in [0, 0.1) is 5.82 Å². The lowest BCUT2D eigenvalue weighted by Gasteiger charge is -2.41. The van der Waals surface area contributed by atoms with Crippen LogP contribution in [0.2, 0.25) is 10.0 Å². The molecule has 1 aromatic heterocycles. The van der Waals surface area contributed by atoms with Crippen molar-refractivity contribution in [3.05, 3.63) is 63.6 Å². The van der Waals surface area contributed by atoms with Gasteiger partial charge < -0.3 is 15.0 Å². The molecule has 1 saturated heterocycles. The van der Waals surface area contributed by atoms with E-state index < -0.39 is 28.8 Å². The molecule has 1 aliphatic rings. The number of piperidine rings is 1. The average molecular weight is 482 g/mol. The molecular weight excluding hydrogens is 456 g/mol. The number of benzene rings is 1. The monoisotopic (exact) mass is 481 g/mol. The van der Waals surface area contributed by atoms with Crippen LogP contribution in [0.1, 0.15) is 49.7 Å². The third kappa shape index (κ3) is 5.70. The summed E-state index contributed by atoms with van der Waals surface area (Å²) in [4.78, 5) is 31.1. The summed E-state index contributed by atoms with van der Waals surface area (Å²) in [7, 11) is 0. The molecule has 32 heavy (non-hydrogen) atoms. The van der Waals surface area contributed by atoms with Gasteiger partial charge in [-0.3, -0.25) is 9.78 Å². The van der Waals surface area contributed by atoms with Gasteiger partial charge in [0, 0.05) is 36.3 Å². The minimum absolute atomic E-state index is 0.140. The Morgan fingerprint density at radius 1 is 1.22 bits per heavy atom. The number of pyridine rings is 1. The fraction of sp³-hybridized carbons (Fsp3) is 0.435. The van der Waals surface area contributed by atoms with Crippen LogP contribution in [-0.2, 0) is 10.2 Å². The van der Waals surface area contributed by atoms with Gasteiger partial charge in [0.2, 0.25) is 0 Å². The standard InChI is InChI=1S/C23H26Cl2FN3O3/c1-22(2,3)32-21(31)29-11-8-23(9-12-29,19-18(26)5-4-10-27-19)14-28-20(30)16-7-6-15(24)13-17(16)25/h4-7,10,13H,8-9,11-12,14H2,1-3H3,(H,28,30). The van der Waals surface area contributed by atoms with Gasteiger partial charge >= 0.3 is 6.09 Å². The third-order valence-electron chi connectivity index (χ3n) is 5.40. The molecule has 0 spiro atoms. The SMILES string of the molecule is CC(C)(C)OC(=O)N1CCC(CNC(=O)c2ccc(Cl)cc2Cl)(c2ncccc2F)CC1. The van der Waals surface area contributed by atoms with Crippen molar-refractivity contribution in [3.63, 3.8) is 0 Å². The van der Waals surface area contributed by atoms with Crippen molar-refractivity contribution in [1.29, 1.82) is 0 Å². The first kappa shape index (κ1) is 24.3. The fourth-order valence-corrected chi connectivity index (χ4v) is 4.23. The van der Waals surface area contributed by atoms with Gasteiger partial charge in [0.1, 0.15) is 11.4 Å². The maximum Gasteiger partial charge on any atom is 0.410 e. The Morgan fingerprint density at radius 3 is 2.50 bits per heavy atom. The van der Waals surface area contributed by atoms with Crippen molar-refractivity contribution in [2.24, 2.45) is 0 Å². The van der Waals surface area contributed by atoms with Crippen LogP contribution in [0.15, 0.2) is 36.5 Å². The number of likely N-dealkylation sites (tertiary alicyclic amines) is 1. The zero-order chi connectivity index (χ0) is 23.5. The van der Waals surface area contributed by atoms with Crippen LogP contribution in [0.25, 0.3) is 0 Å². The second-order valence-electron chi connectivity index (χ2n) is 8.89. The van der Waals surface area contributed by atoms with Gasteiger partial charge in [-0.1, -0.05) is 23.2 Å². The number of aromatic nitrogens is 1. The van der Waals surface area contributed by atoms with Crippen molar-refractivity contribution in [1.82, 2.24) is 15.2 Å². The van der Waals surface area contributed by atoms with Crippen molar-refractivity contribution >= 4 is 35.2 Å². The van der Waals surface area contributed by atoms with Crippen LogP contribution in [0.5, 0.6) is 0 Å². The van der Waals surface area contributed by atoms with Gasteiger partial charge in [0.25, 0.3) is 5.91 Å². The quantitative estimate of drug-likeness (QED) is 0.648. The number of halogens is 3. The van der Waals surface area contributed by atoms with Crippen LogP contribution in [-0.4, -0.2) is 47.1 Å². The highest BCUT2D eigenvalue weighted by atomic mass is 35.5. The van der Waals surface area contributed by atoms with Crippen LogP contribution < -0.4 is 5.32 Å². The first-order valence-electron chi connectivity index (χ1n) is 10.3. The van der Waals surface area contributed by atoms with E-state index in [2.05, 4.69) is 10.3 Å². The summed E-state index contributed by atoms with van der Waals surface area (Å²) in [5.74, 6) is -0.839. The number of carbonyl (C=O) groups excluding carboxylic acids is 2. The summed E-state index contributed by atoms with van der Waals surface area (Å²) in [5, 5.41) is 3.52. The normalized spacial score (nSPS) is 15.9. The molecule has 1 N–H and O–H groups in total. The van der Waals surface area contributed by atoms with Gasteiger partial charge in [-0.05, 0) is 63.9 Å². The summed E-state index contributed by atoms with van der Waals surface area (Å²) in [5.41, 5.74) is -0.839. The molecule has 9 heteroatoms. The van der Waals surface area contributed by atoms with E-state index in [1.165, 1.54) is 24.4 Å². The highest BCUT2D eigenvalue weighted by Gasteiger charge is 2.41. The van der Waals surface area contributed by atoms with Crippen molar-refractivity contribution < 1.29 is 18.7 Å². The number of nitrogens with zero attached hydrogens (tertiary/aromatic N) is 2. The van der Waals surface area contributed by atoms with Gasteiger partial charge in [0.05, 0.1) is 16.3 Å². The lowest BCUT2D eigenvalue weighted by molar-refractivity contribution is 0.0158. The van der Waals surface area contributed by atoms with Crippen molar-refractivity contribution in [2.45, 2.75) is 44.6 Å². The Labute approximate surface area is 197 Å². The predicted molar refractivity (Wildman–Crippen MR) is 122 cm³/mol. The largest absolute Gasteiger partial charge is 0.444 e. The maximum atomic E-state index is 14.7. The van der Waals surface area contributed by atoms with Crippen LogP contribution in [0.3, 0.4) is 0 Å². The first-order valence-corrected chi connectivity index (χ1v) is 11.1. The zero-order valence-electron chi connectivity index (χ0n) is 18.3. The summed E-state index contributed by atoms with van der Waals surface area (Å²) in [6.07, 6.45) is 1.94. The molecule has 1 fully saturated rings. The highest BCUT2D eigenvalue weighted by Crippen LogP contribution is 2.36. The Hall–Kier alpha value is -2.38. The van der Waals surface area contributed by atoms with E-state index in [1.54, 1.807) is 37.8 Å². The molecule has 2 amide bonds. The predicted octanol–water partition coefficient (Wildman–Crippen LogP) is 5.23. The Balaban J connectivity index is 1.79. The smallest absolute Gasteiger partial charge is 0.410 e. The topological polar surface area (TPSA) is 71.5 Å². The van der Waals surface area contributed by atoms with E-state index in [4.69, 9.17) is 27.9 Å². The molecule has 0 radical (unpaired) electrons. The van der Waals surface area contributed by atoms with Gasteiger partial charge in [-0.15, -0.1) is 0 Å². The van der Waals surface area contributed by atoms with E-state index in [1.807, 2.05) is 0 Å². The molecule has 0 bridgehead atoms. The Kier molecular flexibility index (Phi) is 7.30. The number of hydrogen-bond donors (Lipinski definition) is 1. The van der Waals surface area contributed by atoms with E-state index >= 15 is 0 Å². The van der Waals surface area contributed by atoms with Gasteiger partial charge in [-0.2, -0.15) is 0 Å². The van der Waals surface area contributed by atoms with E-state index in [0.29, 0.717) is 31.0 Å². The summed E-state index contributed by atoms with van der Waals surface area (Å²) in [6.45, 7) is 6.26. The third-order valence-corrected chi connectivity index (χ3v) is 5.94. The number of nitrogens with one attached hydrogen (secondary N) is 1. The van der Waals surface area contributed by atoms with Crippen molar-refractivity contribution in [2.75, 3.05) is 19.6 Å². The summed E-state index contributed by atoms with van der Waals surface area (Å²) in [6, 6.07) is 7.48. The van der Waals surface area contributed by atoms with E-state index in [-0.39, 0.29) is 22.8 Å². The van der Waals surface area contributed by atoms with E-state index in [9.17, 15) is 14.0 Å². The van der Waals surface area contributed by atoms with Gasteiger partial charge in [0.15, 0.2) is 0 Å². The van der Waals surface area contributed by atoms with Crippen LogP contribution in [0.4, 0.5) is 9.18 Å². The number of carbonyl (C=O) groups is 2. The molecule has 2 aromatic rings. The summed E-state index contributed by atoms with van der Waals surface area (Å²) < 4.78 is 20.2. The zero-order valence-corrected chi connectivity index (χ0v) is 19.8. The Morgan fingerprint density at radius 2 is 1.91 bits per heavy atom.